The van der Waals surface area contributed by atoms with Gasteiger partial charge in [0, 0.05) is 31.5 Å². The third-order valence-corrected chi connectivity index (χ3v) is 3.71. The van der Waals surface area contributed by atoms with Crippen LogP contribution in [0.5, 0.6) is 0 Å². The van der Waals surface area contributed by atoms with Crippen LogP contribution in [0.2, 0.25) is 0 Å². The van der Waals surface area contributed by atoms with Gasteiger partial charge in [-0.25, -0.2) is 0 Å². The average Bonchev–Trinajstić information content (AvgIpc) is 2.87. The van der Waals surface area contributed by atoms with E-state index < -0.39 is 5.41 Å². The number of rotatable bonds is 5. The predicted octanol–water partition coefficient (Wildman–Crippen LogP) is 1.06. The number of aromatic nitrogens is 2. The van der Waals surface area contributed by atoms with Crippen molar-refractivity contribution in [2.24, 2.45) is 11.1 Å². The molecule has 1 aliphatic rings. The van der Waals surface area contributed by atoms with E-state index in [4.69, 9.17) is 10.5 Å². The first-order chi connectivity index (χ1) is 9.20. The number of nitrogens with two attached hydrogens (primary N) is 1. The summed E-state index contributed by atoms with van der Waals surface area (Å²) in [5.41, 5.74) is 6.32. The minimum atomic E-state index is -0.512. The second-order valence-corrected chi connectivity index (χ2v) is 5.08. The van der Waals surface area contributed by atoms with Gasteiger partial charge >= 0.3 is 0 Å². The maximum atomic E-state index is 12.4. The molecular formula is C13H22N4O2. The largest absolute Gasteiger partial charge is 0.381 e. The molecule has 0 spiro atoms. The molecule has 0 aliphatic carbocycles. The molecule has 2 heterocycles. The Morgan fingerprint density at radius 1 is 1.58 bits per heavy atom. The van der Waals surface area contributed by atoms with Crippen molar-refractivity contribution in [1.29, 1.82) is 0 Å². The summed E-state index contributed by atoms with van der Waals surface area (Å²) in [6.07, 6.45) is 3.31. The lowest BCUT2D eigenvalue weighted by atomic mass is 9.79. The van der Waals surface area contributed by atoms with E-state index >= 15 is 0 Å². The van der Waals surface area contributed by atoms with Crippen LogP contribution in [0.1, 0.15) is 31.9 Å². The van der Waals surface area contributed by atoms with E-state index in [1.165, 1.54) is 0 Å². The minimum absolute atomic E-state index is 0.0483. The van der Waals surface area contributed by atoms with Crippen molar-refractivity contribution in [3.63, 3.8) is 0 Å². The summed E-state index contributed by atoms with van der Waals surface area (Å²) in [6, 6.07) is 1.88. The summed E-state index contributed by atoms with van der Waals surface area (Å²) in [5, 5.41) is 9.90. The highest BCUT2D eigenvalue weighted by atomic mass is 16.5. The fourth-order valence-corrected chi connectivity index (χ4v) is 2.36. The van der Waals surface area contributed by atoms with Crippen LogP contribution in [0, 0.1) is 5.41 Å². The number of ether oxygens (including phenoxy) is 1. The lowest BCUT2D eigenvalue weighted by Crippen LogP contribution is -2.46. The molecule has 106 valence electrons. The molecule has 0 bridgehead atoms. The van der Waals surface area contributed by atoms with Crippen LogP contribution in [0.25, 0.3) is 0 Å². The van der Waals surface area contributed by atoms with Gasteiger partial charge in [0.2, 0.25) is 5.91 Å². The molecule has 0 radical (unpaired) electrons. The number of H-pyrrole nitrogens is 1. The van der Waals surface area contributed by atoms with Gasteiger partial charge in [0.15, 0.2) is 5.82 Å². The summed E-state index contributed by atoms with van der Waals surface area (Å²) in [6.45, 7) is 3.62. The molecule has 19 heavy (non-hydrogen) atoms. The minimum Gasteiger partial charge on any atom is -0.381 e. The van der Waals surface area contributed by atoms with Gasteiger partial charge in [-0.2, -0.15) is 5.10 Å². The van der Waals surface area contributed by atoms with E-state index in [9.17, 15) is 4.79 Å². The highest BCUT2D eigenvalue weighted by Gasteiger charge is 2.39. The zero-order valence-electron chi connectivity index (χ0n) is 11.4. The number of hydrogen-bond acceptors (Lipinski definition) is 4. The van der Waals surface area contributed by atoms with E-state index in [2.05, 4.69) is 22.4 Å². The predicted molar refractivity (Wildman–Crippen MR) is 72.8 cm³/mol. The van der Waals surface area contributed by atoms with Gasteiger partial charge in [0.25, 0.3) is 0 Å². The van der Waals surface area contributed by atoms with Crippen molar-refractivity contribution in [1.82, 2.24) is 10.2 Å². The van der Waals surface area contributed by atoms with E-state index in [0.29, 0.717) is 38.4 Å². The van der Waals surface area contributed by atoms with Crippen molar-refractivity contribution >= 4 is 11.7 Å². The van der Waals surface area contributed by atoms with Crippen molar-refractivity contribution in [3.8, 4) is 0 Å². The quantitative estimate of drug-likeness (QED) is 0.742. The number of aryl methyl sites for hydroxylation is 1. The van der Waals surface area contributed by atoms with Crippen LogP contribution in [0.4, 0.5) is 5.82 Å². The summed E-state index contributed by atoms with van der Waals surface area (Å²) in [5.74, 6) is 0.528. The van der Waals surface area contributed by atoms with E-state index in [1.807, 2.05) is 6.07 Å². The molecule has 0 unspecified atom stereocenters. The van der Waals surface area contributed by atoms with Crippen LogP contribution in [0.15, 0.2) is 6.07 Å². The third-order valence-electron chi connectivity index (χ3n) is 3.71. The lowest BCUT2D eigenvalue weighted by molar-refractivity contribution is -0.130. The maximum Gasteiger partial charge on any atom is 0.233 e. The first-order valence-electron chi connectivity index (χ1n) is 6.84. The second kappa shape index (κ2) is 6.16. The molecule has 6 heteroatoms. The van der Waals surface area contributed by atoms with Crippen molar-refractivity contribution in [3.05, 3.63) is 11.8 Å². The fourth-order valence-electron chi connectivity index (χ4n) is 2.36. The number of carbonyl (C=O) groups is 1. The molecule has 2 rings (SSSR count). The standard InChI is InChI=1S/C13H22N4O2/c1-2-3-10-8-11(17-16-10)15-12(18)13(9-14)4-6-19-7-5-13/h8H,2-7,9,14H2,1H3,(H2,15,16,17,18). The number of anilines is 1. The molecule has 1 aromatic heterocycles. The van der Waals surface area contributed by atoms with E-state index in [1.54, 1.807) is 0 Å². The van der Waals surface area contributed by atoms with Crippen molar-refractivity contribution in [2.45, 2.75) is 32.6 Å². The molecule has 0 atom stereocenters. The van der Waals surface area contributed by atoms with Crippen LogP contribution in [0.3, 0.4) is 0 Å². The number of aromatic amines is 1. The highest BCUT2D eigenvalue weighted by molar-refractivity contribution is 5.94. The van der Waals surface area contributed by atoms with Gasteiger partial charge in [0.05, 0.1) is 5.41 Å². The summed E-state index contributed by atoms with van der Waals surface area (Å²) in [4.78, 5) is 12.4. The number of carbonyl (C=O) groups excluding carboxylic acids is 1. The normalized spacial score (nSPS) is 18.2. The van der Waals surface area contributed by atoms with E-state index in [-0.39, 0.29) is 5.91 Å². The number of nitrogens with zero attached hydrogens (tertiary/aromatic N) is 1. The second-order valence-electron chi connectivity index (χ2n) is 5.08. The lowest BCUT2D eigenvalue weighted by Gasteiger charge is -2.34. The van der Waals surface area contributed by atoms with Gasteiger partial charge in [-0.15, -0.1) is 0 Å². The van der Waals surface area contributed by atoms with Crippen LogP contribution in [-0.4, -0.2) is 35.9 Å². The maximum absolute atomic E-state index is 12.4. The molecule has 1 amide bonds. The summed E-state index contributed by atoms with van der Waals surface area (Å²) < 4.78 is 5.31. The molecule has 1 saturated heterocycles. The first-order valence-corrected chi connectivity index (χ1v) is 6.84. The Morgan fingerprint density at radius 3 is 2.95 bits per heavy atom. The topological polar surface area (TPSA) is 93.0 Å². The molecule has 1 aromatic rings. The Labute approximate surface area is 113 Å². The molecule has 6 nitrogen and oxygen atoms in total. The van der Waals surface area contributed by atoms with Gasteiger partial charge in [-0.05, 0) is 19.3 Å². The summed E-state index contributed by atoms with van der Waals surface area (Å²) >= 11 is 0. The molecule has 0 saturated carbocycles. The zero-order chi connectivity index (χ0) is 13.7. The fraction of sp³-hybridized carbons (Fsp3) is 0.692. The van der Waals surface area contributed by atoms with Gasteiger partial charge in [-0.1, -0.05) is 13.3 Å². The van der Waals surface area contributed by atoms with Gasteiger partial charge in [0.1, 0.15) is 0 Å². The molecule has 0 aromatic carbocycles. The molecule has 1 aliphatic heterocycles. The SMILES string of the molecule is CCCc1cc(NC(=O)C2(CN)CCOCC2)n[nH]1. The van der Waals surface area contributed by atoms with Crippen LogP contribution in [-0.2, 0) is 16.0 Å². The van der Waals surface area contributed by atoms with Gasteiger partial charge in [-0.3, -0.25) is 9.89 Å². The van der Waals surface area contributed by atoms with E-state index in [0.717, 1.165) is 18.5 Å². The number of amides is 1. The Morgan fingerprint density at radius 2 is 2.32 bits per heavy atom. The molecule has 4 N–H and O–H groups in total. The third kappa shape index (κ3) is 3.13. The Bertz CT molecular complexity index is 424. The Balaban J connectivity index is 2.01. The highest BCUT2D eigenvalue weighted by Crippen LogP contribution is 2.30. The summed E-state index contributed by atoms with van der Waals surface area (Å²) in [7, 11) is 0. The first kappa shape index (κ1) is 14.0. The number of hydrogen-bond donors (Lipinski definition) is 3. The molecule has 1 fully saturated rings. The van der Waals surface area contributed by atoms with Crippen LogP contribution < -0.4 is 11.1 Å². The zero-order valence-corrected chi connectivity index (χ0v) is 11.4. The van der Waals surface area contributed by atoms with Crippen molar-refractivity contribution in [2.75, 3.05) is 25.1 Å². The van der Waals surface area contributed by atoms with Crippen LogP contribution >= 0.6 is 0 Å². The van der Waals surface area contributed by atoms with Crippen molar-refractivity contribution < 1.29 is 9.53 Å². The molecular weight excluding hydrogens is 244 g/mol. The van der Waals surface area contributed by atoms with Gasteiger partial charge < -0.3 is 15.8 Å². The Hall–Kier alpha value is -1.40. The monoisotopic (exact) mass is 266 g/mol. The average molecular weight is 266 g/mol. The smallest absolute Gasteiger partial charge is 0.233 e. The Kier molecular flexibility index (Phi) is 4.55. The number of nitrogens with one attached hydrogen (secondary N) is 2.